The number of likely N-dealkylation sites (tertiary alicyclic amines) is 1. The number of aryl methyl sites for hydroxylation is 1. The number of halogens is 1. The highest BCUT2D eigenvalue weighted by molar-refractivity contribution is 7.89. The Morgan fingerprint density at radius 1 is 1.12 bits per heavy atom. The second-order valence-electron chi connectivity index (χ2n) is 8.40. The summed E-state index contributed by atoms with van der Waals surface area (Å²) in [7, 11) is -3.86. The van der Waals surface area contributed by atoms with Gasteiger partial charge < -0.3 is 15.2 Å². The molecule has 4 rings (SSSR count). The Morgan fingerprint density at radius 3 is 2.59 bits per heavy atom. The van der Waals surface area contributed by atoms with Crippen LogP contribution in [0.25, 0.3) is 0 Å². The minimum absolute atomic E-state index is 0.0155. The van der Waals surface area contributed by atoms with Gasteiger partial charge in [0.05, 0.1) is 5.92 Å². The number of nitrogens with zero attached hydrogens (tertiary/aromatic N) is 2. The molecular formula is C22H27FN4O4S. The van der Waals surface area contributed by atoms with Gasteiger partial charge >= 0.3 is 0 Å². The molecule has 2 saturated heterocycles. The molecular weight excluding hydrogens is 435 g/mol. The van der Waals surface area contributed by atoms with Crippen molar-refractivity contribution in [3.63, 3.8) is 0 Å². The van der Waals surface area contributed by atoms with Gasteiger partial charge in [-0.3, -0.25) is 9.59 Å². The van der Waals surface area contributed by atoms with Crippen LogP contribution in [0, 0.1) is 18.7 Å². The van der Waals surface area contributed by atoms with Gasteiger partial charge in [0.2, 0.25) is 15.9 Å². The third kappa shape index (κ3) is 4.56. The van der Waals surface area contributed by atoms with Crippen LogP contribution in [-0.4, -0.2) is 60.6 Å². The molecule has 1 aromatic carbocycles. The zero-order valence-electron chi connectivity index (χ0n) is 17.9. The Bertz CT molecular complexity index is 1120. The number of aromatic amines is 1. The summed E-state index contributed by atoms with van der Waals surface area (Å²) in [4.78, 5) is 29.7. The van der Waals surface area contributed by atoms with Gasteiger partial charge in [-0.05, 0) is 56.4 Å². The van der Waals surface area contributed by atoms with Crippen LogP contribution in [0.1, 0.15) is 41.7 Å². The lowest BCUT2D eigenvalue weighted by molar-refractivity contribution is -0.120. The molecule has 2 aromatic rings. The molecule has 10 heteroatoms. The summed E-state index contributed by atoms with van der Waals surface area (Å²) in [6.07, 6.45) is 4.30. The van der Waals surface area contributed by atoms with Gasteiger partial charge in [-0.25, -0.2) is 12.8 Å². The molecule has 32 heavy (non-hydrogen) atoms. The molecule has 1 unspecified atom stereocenters. The number of H-pyrrole nitrogens is 1. The topological polar surface area (TPSA) is 103 Å². The fourth-order valence-electron chi connectivity index (χ4n) is 4.18. The lowest BCUT2D eigenvalue weighted by atomic mass is 9.98. The number of aromatic nitrogens is 1. The number of sulfonamides is 1. The van der Waals surface area contributed by atoms with Crippen LogP contribution in [0.4, 0.5) is 10.1 Å². The predicted molar refractivity (Wildman–Crippen MR) is 117 cm³/mol. The summed E-state index contributed by atoms with van der Waals surface area (Å²) in [5.41, 5.74) is 1.07. The van der Waals surface area contributed by atoms with Gasteiger partial charge in [0.1, 0.15) is 16.4 Å². The first-order valence-corrected chi connectivity index (χ1v) is 12.2. The number of benzene rings is 1. The quantitative estimate of drug-likeness (QED) is 0.713. The second kappa shape index (κ2) is 9.03. The molecule has 0 radical (unpaired) electrons. The van der Waals surface area contributed by atoms with Gasteiger partial charge in [0.25, 0.3) is 5.91 Å². The maximum Gasteiger partial charge on any atom is 0.270 e. The van der Waals surface area contributed by atoms with Crippen molar-refractivity contribution in [1.82, 2.24) is 14.2 Å². The zero-order chi connectivity index (χ0) is 22.9. The molecule has 8 nitrogen and oxygen atoms in total. The van der Waals surface area contributed by atoms with Crippen molar-refractivity contribution in [2.75, 3.05) is 31.5 Å². The second-order valence-corrected chi connectivity index (χ2v) is 10.3. The van der Waals surface area contributed by atoms with E-state index in [2.05, 4.69) is 10.3 Å². The highest BCUT2D eigenvalue weighted by Crippen LogP contribution is 2.26. The van der Waals surface area contributed by atoms with Crippen molar-refractivity contribution in [3.05, 3.63) is 47.5 Å². The molecule has 1 atom stereocenters. The first kappa shape index (κ1) is 22.5. The first-order chi connectivity index (χ1) is 15.3. The normalized spacial score (nSPS) is 19.8. The number of nitrogens with one attached hydrogen (secondary N) is 2. The van der Waals surface area contributed by atoms with Crippen LogP contribution in [0.5, 0.6) is 0 Å². The maximum absolute atomic E-state index is 13.8. The SMILES string of the molecule is Cc1ccc(NC(=O)C2CCCN(S(=O)(=O)c3c[nH]c(C(=O)N4CCCC4)c3)C2)cc1F. The number of piperidine rings is 1. The van der Waals surface area contributed by atoms with Crippen molar-refractivity contribution in [1.29, 1.82) is 0 Å². The molecule has 2 aliphatic rings. The van der Waals surface area contributed by atoms with E-state index in [4.69, 9.17) is 0 Å². The van der Waals surface area contributed by atoms with Gasteiger partial charge in [0.15, 0.2) is 0 Å². The molecule has 2 fully saturated rings. The van der Waals surface area contributed by atoms with Crippen molar-refractivity contribution >= 4 is 27.5 Å². The van der Waals surface area contributed by atoms with Crippen LogP contribution in [0.3, 0.4) is 0 Å². The smallest absolute Gasteiger partial charge is 0.270 e. The van der Waals surface area contributed by atoms with E-state index in [0.29, 0.717) is 43.7 Å². The van der Waals surface area contributed by atoms with Crippen molar-refractivity contribution in [2.24, 2.45) is 5.92 Å². The molecule has 172 valence electrons. The van der Waals surface area contributed by atoms with E-state index in [9.17, 15) is 22.4 Å². The third-order valence-electron chi connectivity index (χ3n) is 6.11. The highest BCUT2D eigenvalue weighted by Gasteiger charge is 2.34. The molecule has 0 aliphatic carbocycles. The van der Waals surface area contributed by atoms with Gasteiger partial charge in [0, 0.05) is 38.1 Å². The molecule has 2 amide bonds. The van der Waals surface area contributed by atoms with E-state index in [1.54, 1.807) is 24.0 Å². The number of carbonyl (C=O) groups is 2. The number of rotatable bonds is 5. The fourth-order valence-corrected chi connectivity index (χ4v) is 5.69. The summed E-state index contributed by atoms with van der Waals surface area (Å²) in [5.74, 6) is -1.51. The number of hydrogen-bond donors (Lipinski definition) is 2. The van der Waals surface area contributed by atoms with Gasteiger partial charge in [-0.1, -0.05) is 6.07 Å². The molecule has 0 spiro atoms. The van der Waals surface area contributed by atoms with Gasteiger partial charge in [-0.15, -0.1) is 0 Å². The Kier molecular flexibility index (Phi) is 6.34. The van der Waals surface area contributed by atoms with Crippen LogP contribution in [0.2, 0.25) is 0 Å². The molecule has 0 saturated carbocycles. The highest BCUT2D eigenvalue weighted by atomic mass is 32.2. The summed E-state index contributed by atoms with van der Waals surface area (Å²) in [6.45, 7) is 3.31. The standard InChI is InChI=1S/C22H27FN4O4S/c1-15-6-7-17(11-19(15)23)25-21(28)16-5-4-10-27(14-16)32(30,31)18-12-20(24-13-18)22(29)26-8-2-3-9-26/h6-7,11-13,16,24H,2-5,8-10,14H2,1H3,(H,25,28). The maximum atomic E-state index is 13.8. The molecule has 1 aromatic heterocycles. The largest absolute Gasteiger partial charge is 0.356 e. The molecule has 3 heterocycles. The third-order valence-corrected chi connectivity index (χ3v) is 7.96. The Labute approximate surface area is 186 Å². The Balaban J connectivity index is 1.44. The number of hydrogen-bond acceptors (Lipinski definition) is 4. The summed E-state index contributed by atoms with van der Waals surface area (Å²) < 4.78 is 41.4. The van der Waals surface area contributed by atoms with E-state index in [1.807, 2.05) is 0 Å². The number of anilines is 1. The van der Waals surface area contributed by atoms with E-state index < -0.39 is 21.8 Å². The molecule has 2 N–H and O–H groups in total. The van der Waals surface area contributed by atoms with Crippen molar-refractivity contribution in [3.8, 4) is 0 Å². The number of carbonyl (C=O) groups excluding carboxylic acids is 2. The van der Waals surface area contributed by atoms with Crippen LogP contribution in [0.15, 0.2) is 35.4 Å². The minimum Gasteiger partial charge on any atom is -0.356 e. The van der Waals surface area contributed by atoms with Crippen LogP contribution < -0.4 is 5.32 Å². The Hall–Kier alpha value is -2.72. The predicted octanol–water partition coefficient (Wildman–Crippen LogP) is 2.74. The average Bonchev–Trinajstić information content (AvgIpc) is 3.49. The van der Waals surface area contributed by atoms with E-state index in [1.165, 1.54) is 22.6 Å². The lowest BCUT2D eigenvalue weighted by Crippen LogP contribution is -2.43. The summed E-state index contributed by atoms with van der Waals surface area (Å²) in [6, 6.07) is 5.82. The fraction of sp³-hybridized carbons (Fsp3) is 0.455. The molecule has 2 aliphatic heterocycles. The van der Waals surface area contributed by atoms with Crippen molar-refractivity contribution < 1.29 is 22.4 Å². The monoisotopic (exact) mass is 462 g/mol. The van der Waals surface area contributed by atoms with Crippen LogP contribution in [-0.2, 0) is 14.8 Å². The summed E-state index contributed by atoms with van der Waals surface area (Å²) >= 11 is 0. The Morgan fingerprint density at radius 2 is 1.88 bits per heavy atom. The first-order valence-electron chi connectivity index (χ1n) is 10.8. The zero-order valence-corrected chi connectivity index (χ0v) is 18.8. The van der Waals surface area contributed by atoms with Crippen molar-refractivity contribution in [2.45, 2.75) is 37.5 Å². The van der Waals surface area contributed by atoms with Crippen LogP contribution >= 0.6 is 0 Å². The van der Waals surface area contributed by atoms with E-state index in [-0.39, 0.29) is 28.9 Å². The minimum atomic E-state index is -3.86. The van der Waals surface area contributed by atoms with E-state index in [0.717, 1.165) is 12.8 Å². The summed E-state index contributed by atoms with van der Waals surface area (Å²) in [5, 5.41) is 2.68. The average molecular weight is 463 g/mol. The molecule has 0 bridgehead atoms. The number of amides is 2. The van der Waals surface area contributed by atoms with Gasteiger partial charge in [-0.2, -0.15) is 4.31 Å². The van der Waals surface area contributed by atoms with E-state index >= 15 is 0 Å². The lowest BCUT2D eigenvalue weighted by Gasteiger charge is -2.31.